The molecule has 0 aromatic rings. The zero-order chi connectivity index (χ0) is 8.53. The van der Waals surface area contributed by atoms with Gasteiger partial charge in [0.15, 0.2) is 0 Å². The van der Waals surface area contributed by atoms with Crippen LogP contribution in [0, 0.1) is 0 Å². The van der Waals surface area contributed by atoms with Gasteiger partial charge in [-0.25, -0.2) is 0 Å². The Morgan fingerprint density at radius 2 is 1.91 bits per heavy atom. The van der Waals surface area contributed by atoms with Crippen LogP contribution < -0.4 is 0 Å². The Labute approximate surface area is 67.7 Å². The molecule has 0 saturated heterocycles. The van der Waals surface area contributed by atoms with E-state index in [9.17, 15) is 4.79 Å². The predicted octanol–water partition coefficient (Wildman–Crippen LogP) is 1.37. The van der Waals surface area contributed by atoms with Gasteiger partial charge < -0.3 is 9.47 Å². The van der Waals surface area contributed by atoms with Gasteiger partial charge in [0.25, 0.3) is 0 Å². The third kappa shape index (κ3) is 7.33. The van der Waals surface area contributed by atoms with Gasteiger partial charge in [-0.1, -0.05) is 6.42 Å². The summed E-state index contributed by atoms with van der Waals surface area (Å²) in [4.78, 5) is 10.6. The van der Waals surface area contributed by atoms with E-state index in [-0.39, 0.29) is 5.97 Å². The van der Waals surface area contributed by atoms with E-state index in [2.05, 4.69) is 4.74 Å². The van der Waals surface area contributed by atoms with Crippen molar-refractivity contribution in [3.8, 4) is 0 Å². The lowest BCUT2D eigenvalue weighted by molar-refractivity contribution is -0.140. The maximum absolute atomic E-state index is 10.6. The van der Waals surface area contributed by atoms with Gasteiger partial charge in [-0.15, -0.1) is 0 Å². The Balaban J connectivity index is 2.95. The van der Waals surface area contributed by atoms with Crippen LogP contribution in [-0.4, -0.2) is 26.8 Å². The normalized spacial score (nSPS) is 9.64. The van der Waals surface area contributed by atoms with E-state index in [0.29, 0.717) is 6.42 Å². The zero-order valence-corrected chi connectivity index (χ0v) is 7.26. The SMILES string of the molecule is COCCCCCC(=O)OC. The van der Waals surface area contributed by atoms with Crippen molar-refractivity contribution in [2.45, 2.75) is 25.7 Å². The summed E-state index contributed by atoms with van der Waals surface area (Å²) in [5.41, 5.74) is 0. The van der Waals surface area contributed by atoms with Crippen molar-refractivity contribution in [2.75, 3.05) is 20.8 Å². The van der Waals surface area contributed by atoms with Crippen molar-refractivity contribution in [1.82, 2.24) is 0 Å². The molecule has 0 atom stereocenters. The fourth-order valence-corrected chi connectivity index (χ4v) is 0.795. The monoisotopic (exact) mass is 160 g/mol. The summed E-state index contributed by atoms with van der Waals surface area (Å²) < 4.78 is 9.35. The third-order valence-electron chi connectivity index (χ3n) is 1.46. The fourth-order valence-electron chi connectivity index (χ4n) is 0.795. The van der Waals surface area contributed by atoms with Crippen LogP contribution in [0.2, 0.25) is 0 Å². The second-order valence-corrected chi connectivity index (χ2v) is 2.38. The molecule has 0 aliphatic carbocycles. The van der Waals surface area contributed by atoms with Crippen LogP contribution in [0.1, 0.15) is 25.7 Å². The first-order chi connectivity index (χ1) is 5.31. The number of carbonyl (C=O) groups excluding carboxylic acids is 1. The maximum atomic E-state index is 10.6. The van der Waals surface area contributed by atoms with Crippen LogP contribution in [0.15, 0.2) is 0 Å². The maximum Gasteiger partial charge on any atom is 0.305 e. The molecule has 0 unspecified atom stereocenters. The van der Waals surface area contributed by atoms with E-state index in [4.69, 9.17) is 4.74 Å². The number of ether oxygens (including phenoxy) is 2. The molecule has 0 aliphatic heterocycles. The quantitative estimate of drug-likeness (QED) is 0.435. The summed E-state index contributed by atoms with van der Waals surface area (Å²) in [6.45, 7) is 0.779. The average Bonchev–Trinajstić information content (AvgIpc) is 2.04. The van der Waals surface area contributed by atoms with Gasteiger partial charge in [0.05, 0.1) is 7.11 Å². The molecule has 0 spiro atoms. The number of esters is 1. The second-order valence-electron chi connectivity index (χ2n) is 2.38. The molecule has 11 heavy (non-hydrogen) atoms. The smallest absolute Gasteiger partial charge is 0.305 e. The van der Waals surface area contributed by atoms with Crippen molar-refractivity contribution in [3.05, 3.63) is 0 Å². The van der Waals surface area contributed by atoms with Crippen molar-refractivity contribution in [1.29, 1.82) is 0 Å². The molecule has 0 aromatic carbocycles. The number of unbranched alkanes of at least 4 members (excludes halogenated alkanes) is 2. The lowest BCUT2D eigenvalue weighted by atomic mass is 10.2. The molecule has 0 heterocycles. The van der Waals surface area contributed by atoms with Crippen molar-refractivity contribution < 1.29 is 14.3 Å². The molecule has 0 aliphatic rings. The summed E-state index contributed by atoms with van der Waals surface area (Å²) in [6.07, 6.45) is 3.48. The molecule has 0 amide bonds. The van der Waals surface area contributed by atoms with Crippen LogP contribution in [0.25, 0.3) is 0 Å². The lowest BCUT2D eigenvalue weighted by Crippen LogP contribution is -1.99. The summed E-state index contributed by atoms with van der Waals surface area (Å²) in [5.74, 6) is -0.123. The standard InChI is InChI=1S/C8H16O3/c1-10-7-5-3-4-6-8(9)11-2/h3-7H2,1-2H3. The van der Waals surface area contributed by atoms with Crippen molar-refractivity contribution in [3.63, 3.8) is 0 Å². The Bertz CT molecular complexity index is 102. The van der Waals surface area contributed by atoms with Gasteiger partial charge in [0.2, 0.25) is 0 Å². The van der Waals surface area contributed by atoms with Gasteiger partial charge in [0.1, 0.15) is 0 Å². The molecule has 0 rings (SSSR count). The second kappa shape index (κ2) is 7.54. The van der Waals surface area contributed by atoms with Gasteiger partial charge in [0, 0.05) is 20.1 Å². The van der Waals surface area contributed by atoms with Gasteiger partial charge in [-0.2, -0.15) is 0 Å². The van der Waals surface area contributed by atoms with E-state index in [1.54, 1.807) is 7.11 Å². The first kappa shape index (κ1) is 10.4. The Kier molecular flexibility index (Phi) is 7.15. The minimum absolute atomic E-state index is 0.123. The van der Waals surface area contributed by atoms with E-state index in [0.717, 1.165) is 25.9 Å². The molecule has 0 radical (unpaired) electrons. The molecular weight excluding hydrogens is 144 g/mol. The molecule has 3 nitrogen and oxygen atoms in total. The Morgan fingerprint density at radius 1 is 1.18 bits per heavy atom. The van der Waals surface area contributed by atoms with E-state index in [1.807, 2.05) is 0 Å². The third-order valence-corrected chi connectivity index (χ3v) is 1.46. The highest BCUT2D eigenvalue weighted by atomic mass is 16.5. The summed E-state index contributed by atoms with van der Waals surface area (Å²) in [5, 5.41) is 0. The van der Waals surface area contributed by atoms with E-state index in [1.165, 1.54) is 7.11 Å². The first-order valence-electron chi connectivity index (χ1n) is 3.87. The predicted molar refractivity (Wildman–Crippen MR) is 42.4 cm³/mol. The average molecular weight is 160 g/mol. The van der Waals surface area contributed by atoms with Crippen LogP contribution in [-0.2, 0) is 14.3 Å². The number of hydrogen-bond acceptors (Lipinski definition) is 3. The fraction of sp³-hybridized carbons (Fsp3) is 0.875. The highest BCUT2D eigenvalue weighted by Gasteiger charge is 1.97. The zero-order valence-electron chi connectivity index (χ0n) is 7.26. The molecule has 0 N–H and O–H groups in total. The minimum atomic E-state index is -0.123. The summed E-state index contributed by atoms with van der Waals surface area (Å²) in [6, 6.07) is 0. The molecule has 0 aromatic heterocycles. The number of rotatable bonds is 6. The highest BCUT2D eigenvalue weighted by molar-refractivity contribution is 5.68. The van der Waals surface area contributed by atoms with E-state index >= 15 is 0 Å². The number of carbonyl (C=O) groups is 1. The van der Waals surface area contributed by atoms with Gasteiger partial charge >= 0.3 is 5.97 Å². The van der Waals surface area contributed by atoms with Gasteiger partial charge in [-0.05, 0) is 12.8 Å². The number of methoxy groups -OCH3 is 2. The van der Waals surface area contributed by atoms with Gasteiger partial charge in [-0.3, -0.25) is 4.79 Å². The molecule has 0 bridgehead atoms. The molecule has 66 valence electrons. The highest BCUT2D eigenvalue weighted by Crippen LogP contribution is 2.00. The number of hydrogen-bond donors (Lipinski definition) is 0. The van der Waals surface area contributed by atoms with Crippen LogP contribution >= 0.6 is 0 Å². The van der Waals surface area contributed by atoms with Crippen molar-refractivity contribution >= 4 is 5.97 Å². The Morgan fingerprint density at radius 3 is 2.45 bits per heavy atom. The van der Waals surface area contributed by atoms with Crippen LogP contribution in [0.4, 0.5) is 0 Å². The van der Waals surface area contributed by atoms with Crippen LogP contribution in [0.5, 0.6) is 0 Å². The topological polar surface area (TPSA) is 35.5 Å². The van der Waals surface area contributed by atoms with Crippen molar-refractivity contribution in [2.24, 2.45) is 0 Å². The molecular formula is C8H16O3. The molecule has 3 heteroatoms. The summed E-state index contributed by atoms with van der Waals surface area (Å²) >= 11 is 0. The lowest BCUT2D eigenvalue weighted by Gasteiger charge is -1.98. The molecule has 0 fully saturated rings. The van der Waals surface area contributed by atoms with Crippen LogP contribution in [0.3, 0.4) is 0 Å². The Hall–Kier alpha value is -0.570. The van der Waals surface area contributed by atoms with E-state index < -0.39 is 0 Å². The molecule has 0 saturated carbocycles. The summed E-state index contributed by atoms with van der Waals surface area (Å²) in [7, 11) is 3.10. The first-order valence-corrected chi connectivity index (χ1v) is 3.87. The minimum Gasteiger partial charge on any atom is -0.469 e. The largest absolute Gasteiger partial charge is 0.469 e.